The van der Waals surface area contributed by atoms with Crippen LogP contribution in [0.4, 0.5) is 18.9 Å². The molecule has 0 radical (unpaired) electrons. The average Bonchev–Trinajstić information content (AvgIpc) is 2.25. The topological polar surface area (TPSA) is 52.3 Å². The molecule has 1 aromatic rings. The lowest BCUT2D eigenvalue weighted by molar-refractivity contribution is -0.129. The van der Waals surface area contributed by atoms with Crippen LogP contribution in [0.2, 0.25) is 0 Å². The molecule has 2 N–H and O–H groups in total. The van der Waals surface area contributed by atoms with Crippen LogP contribution in [-0.2, 0) is 10.8 Å². The van der Waals surface area contributed by atoms with Crippen molar-refractivity contribution in [3.8, 4) is 5.75 Å². The van der Waals surface area contributed by atoms with Crippen molar-refractivity contribution in [1.82, 2.24) is 0 Å². The third-order valence-corrected chi connectivity index (χ3v) is 3.46. The second-order valence-corrected chi connectivity index (χ2v) is 4.86. The Bertz CT molecular complexity index is 421. The van der Waals surface area contributed by atoms with Crippen molar-refractivity contribution in [3.63, 3.8) is 0 Å². The highest BCUT2D eigenvalue weighted by Gasteiger charge is 2.28. The summed E-state index contributed by atoms with van der Waals surface area (Å²) in [6, 6.07) is 4.40. The zero-order valence-corrected chi connectivity index (χ0v) is 9.90. The lowest BCUT2D eigenvalue weighted by Crippen LogP contribution is -2.13. The van der Waals surface area contributed by atoms with Gasteiger partial charge in [0, 0.05) is 11.4 Å². The average molecular weight is 267 g/mol. The highest BCUT2D eigenvalue weighted by Crippen LogP contribution is 2.26. The van der Waals surface area contributed by atoms with Crippen LogP contribution in [0.25, 0.3) is 0 Å². The van der Waals surface area contributed by atoms with Crippen LogP contribution in [0, 0.1) is 0 Å². The Morgan fingerprint density at radius 2 is 2.06 bits per heavy atom. The van der Waals surface area contributed by atoms with E-state index < -0.39 is 29.1 Å². The second-order valence-electron chi connectivity index (χ2n) is 3.32. The van der Waals surface area contributed by atoms with E-state index in [1.165, 1.54) is 19.2 Å². The molecule has 17 heavy (non-hydrogen) atoms. The summed E-state index contributed by atoms with van der Waals surface area (Å²) in [6.45, 7) is 0. The summed E-state index contributed by atoms with van der Waals surface area (Å²) in [5.74, 6) is -0.0875. The summed E-state index contributed by atoms with van der Waals surface area (Å²) in [5, 5.41) is 0. The minimum Gasteiger partial charge on any atom is -0.497 e. The van der Waals surface area contributed by atoms with Crippen molar-refractivity contribution in [2.75, 3.05) is 18.6 Å². The Labute approximate surface area is 99.2 Å². The minimum absolute atomic E-state index is 0.175. The lowest BCUT2D eigenvalue weighted by atomic mass is 10.3. The molecular formula is C10H12F3NO2S. The van der Waals surface area contributed by atoms with Gasteiger partial charge in [0.05, 0.1) is 29.2 Å². The fourth-order valence-corrected chi connectivity index (χ4v) is 2.37. The zero-order valence-electron chi connectivity index (χ0n) is 9.08. The molecule has 0 spiro atoms. The number of nitrogens with two attached hydrogens (primary N) is 1. The largest absolute Gasteiger partial charge is 0.497 e. The third kappa shape index (κ3) is 4.26. The summed E-state index contributed by atoms with van der Waals surface area (Å²) in [5.41, 5.74) is 5.75. The van der Waals surface area contributed by atoms with Crippen molar-refractivity contribution in [1.29, 1.82) is 0 Å². The van der Waals surface area contributed by atoms with Gasteiger partial charge in [-0.15, -0.1) is 0 Å². The molecule has 0 saturated carbocycles. The molecule has 0 aliphatic carbocycles. The molecule has 0 bridgehead atoms. The number of hydrogen-bond acceptors (Lipinski definition) is 3. The van der Waals surface area contributed by atoms with Crippen molar-refractivity contribution >= 4 is 16.5 Å². The van der Waals surface area contributed by atoms with Crippen LogP contribution in [0.5, 0.6) is 5.75 Å². The van der Waals surface area contributed by atoms with E-state index in [-0.39, 0.29) is 10.6 Å². The summed E-state index contributed by atoms with van der Waals surface area (Å²) < 4.78 is 52.5. The van der Waals surface area contributed by atoms with Gasteiger partial charge in [0.15, 0.2) is 0 Å². The molecule has 7 heteroatoms. The van der Waals surface area contributed by atoms with E-state index in [1.807, 2.05) is 0 Å². The first-order valence-corrected chi connectivity index (χ1v) is 6.04. The fraction of sp³-hybridized carbons (Fsp3) is 0.400. The number of nitrogen functional groups attached to an aromatic ring is 1. The molecule has 0 aromatic heterocycles. The van der Waals surface area contributed by atoms with Crippen molar-refractivity contribution in [3.05, 3.63) is 18.2 Å². The lowest BCUT2D eigenvalue weighted by Gasteiger charge is -2.09. The van der Waals surface area contributed by atoms with Gasteiger partial charge in [-0.1, -0.05) is 0 Å². The number of hydrogen-bond donors (Lipinski definition) is 1. The Morgan fingerprint density at radius 3 is 2.59 bits per heavy atom. The smallest absolute Gasteiger partial charge is 0.390 e. The molecule has 0 fully saturated rings. The summed E-state index contributed by atoms with van der Waals surface area (Å²) >= 11 is 0. The maximum Gasteiger partial charge on any atom is 0.390 e. The van der Waals surface area contributed by atoms with E-state index in [4.69, 9.17) is 10.5 Å². The molecular weight excluding hydrogens is 255 g/mol. The van der Waals surface area contributed by atoms with Gasteiger partial charge in [-0.25, -0.2) is 0 Å². The fourth-order valence-electron chi connectivity index (χ4n) is 1.16. The summed E-state index contributed by atoms with van der Waals surface area (Å²) in [4.78, 5) is 0.175. The maximum absolute atomic E-state index is 12.0. The Balaban J connectivity index is 2.81. The number of benzene rings is 1. The monoisotopic (exact) mass is 267 g/mol. The number of methoxy groups -OCH3 is 1. The van der Waals surface area contributed by atoms with Crippen LogP contribution < -0.4 is 10.5 Å². The molecule has 0 heterocycles. The van der Waals surface area contributed by atoms with E-state index in [9.17, 15) is 17.4 Å². The van der Waals surface area contributed by atoms with Gasteiger partial charge in [-0.2, -0.15) is 13.2 Å². The molecule has 96 valence electrons. The van der Waals surface area contributed by atoms with Gasteiger partial charge >= 0.3 is 6.18 Å². The number of alkyl halides is 3. The van der Waals surface area contributed by atoms with E-state index in [1.54, 1.807) is 6.07 Å². The van der Waals surface area contributed by atoms with Crippen LogP contribution >= 0.6 is 0 Å². The molecule has 0 saturated heterocycles. The molecule has 1 unspecified atom stereocenters. The van der Waals surface area contributed by atoms with Crippen LogP contribution in [0.15, 0.2) is 23.1 Å². The Hall–Kier alpha value is -1.24. The predicted octanol–water partition coefficient (Wildman–Crippen LogP) is 2.34. The first-order valence-electron chi connectivity index (χ1n) is 4.72. The first kappa shape index (κ1) is 13.8. The highest BCUT2D eigenvalue weighted by molar-refractivity contribution is 7.85. The quantitative estimate of drug-likeness (QED) is 0.852. The molecule has 1 rings (SSSR count). The van der Waals surface area contributed by atoms with Gasteiger partial charge < -0.3 is 10.5 Å². The van der Waals surface area contributed by atoms with E-state index in [2.05, 4.69) is 0 Å². The van der Waals surface area contributed by atoms with Crippen molar-refractivity contribution in [2.24, 2.45) is 0 Å². The van der Waals surface area contributed by atoms with Crippen molar-refractivity contribution in [2.45, 2.75) is 17.5 Å². The summed E-state index contributed by atoms with van der Waals surface area (Å²) in [6.07, 6.45) is -5.42. The summed E-state index contributed by atoms with van der Waals surface area (Å²) in [7, 11) is -0.368. The number of rotatable bonds is 4. The molecule has 0 aliphatic rings. The Kier molecular flexibility index (Phi) is 4.39. The zero-order chi connectivity index (χ0) is 13.1. The molecule has 0 amide bonds. The van der Waals surface area contributed by atoms with Gasteiger partial charge in [0.25, 0.3) is 0 Å². The van der Waals surface area contributed by atoms with Gasteiger partial charge in [0.2, 0.25) is 0 Å². The second kappa shape index (κ2) is 5.39. The molecule has 3 nitrogen and oxygen atoms in total. The van der Waals surface area contributed by atoms with Gasteiger partial charge in [-0.3, -0.25) is 4.21 Å². The van der Waals surface area contributed by atoms with Gasteiger partial charge in [0.1, 0.15) is 5.75 Å². The SMILES string of the molecule is COc1ccc(N)c(S(=O)CCC(F)(F)F)c1. The maximum atomic E-state index is 12.0. The first-order chi connectivity index (χ1) is 7.83. The number of ether oxygens (including phenoxy) is 1. The van der Waals surface area contributed by atoms with E-state index in [0.717, 1.165) is 0 Å². The highest BCUT2D eigenvalue weighted by atomic mass is 32.2. The molecule has 1 atom stereocenters. The standard InChI is InChI=1S/C10H12F3NO2S/c1-16-7-2-3-8(14)9(6-7)17(15)5-4-10(11,12)13/h2-3,6H,4-5,14H2,1H3. The van der Waals surface area contributed by atoms with Crippen molar-refractivity contribution < 1.29 is 22.1 Å². The van der Waals surface area contributed by atoms with E-state index >= 15 is 0 Å². The van der Waals surface area contributed by atoms with Gasteiger partial charge in [-0.05, 0) is 18.2 Å². The van der Waals surface area contributed by atoms with E-state index in [0.29, 0.717) is 5.75 Å². The van der Waals surface area contributed by atoms with Crippen LogP contribution in [-0.4, -0.2) is 23.2 Å². The number of halogens is 3. The molecule has 1 aromatic carbocycles. The minimum atomic E-state index is -4.32. The van der Waals surface area contributed by atoms with Crippen LogP contribution in [0.3, 0.4) is 0 Å². The number of anilines is 1. The predicted molar refractivity (Wildman–Crippen MR) is 59.4 cm³/mol. The molecule has 0 aliphatic heterocycles. The normalized spacial score (nSPS) is 13.4. The van der Waals surface area contributed by atoms with Crippen LogP contribution in [0.1, 0.15) is 6.42 Å². The third-order valence-electron chi connectivity index (χ3n) is 2.04. The Morgan fingerprint density at radius 1 is 1.41 bits per heavy atom.